The molecule has 0 aliphatic carbocycles. The molecular formula is C13H17NO2S. The zero-order chi connectivity index (χ0) is 12.1. The van der Waals surface area contributed by atoms with E-state index in [2.05, 4.69) is 12.2 Å². The van der Waals surface area contributed by atoms with E-state index in [1.807, 2.05) is 29.6 Å². The molecule has 17 heavy (non-hydrogen) atoms. The quantitative estimate of drug-likeness (QED) is 0.829. The molecule has 3 nitrogen and oxygen atoms in total. The molecule has 0 radical (unpaired) electrons. The minimum Gasteiger partial charge on any atom is -0.468 e. The van der Waals surface area contributed by atoms with Gasteiger partial charge in [0.15, 0.2) is 0 Å². The molecule has 4 heteroatoms. The van der Waals surface area contributed by atoms with Crippen molar-refractivity contribution in [2.24, 2.45) is 0 Å². The lowest BCUT2D eigenvalue weighted by Crippen LogP contribution is -2.33. The first-order valence-electron chi connectivity index (χ1n) is 5.78. The van der Waals surface area contributed by atoms with Gasteiger partial charge in [0, 0.05) is 10.9 Å². The molecule has 2 unspecified atom stereocenters. The Morgan fingerprint density at radius 2 is 2.29 bits per heavy atom. The maximum atomic E-state index is 10.2. The lowest BCUT2D eigenvalue weighted by Gasteiger charge is -2.21. The van der Waals surface area contributed by atoms with E-state index in [1.165, 1.54) is 0 Å². The number of thiophene rings is 1. The van der Waals surface area contributed by atoms with Crippen LogP contribution in [0.4, 0.5) is 0 Å². The van der Waals surface area contributed by atoms with Gasteiger partial charge in [-0.3, -0.25) is 0 Å². The standard InChI is InChI=1S/C13H17NO2S/c1-2-11(13(15)12-6-4-8-17-12)14-9-10-5-3-7-16-10/h3-8,11,13-15H,2,9H2,1H3. The highest BCUT2D eigenvalue weighted by atomic mass is 32.1. The molecule has 2 rings (SSSR count). The predicted molar refractivity (Wildman–Crippen MR) is 68.9 cm³/mol. The highest BCUT2D eigenvalue weighted by molar-refractivity contribution is 7.10. The molecule has 0 bridgehead atoms. The lowest BCUT2D eigenvalue weighted by atomic mass is 10.1. The molecule has 2 atom stereocenters. The van der Waals surface area contributed by atoms with Gasteiger partial charge in [0.2, 0.25) is 0 Å². The predicted octanol–water partition coefficient (Wildman–Crippen LogP) is 2.94. The van der Waals surface area contributed by atoms with Crippen molar-refractivity contribution < 1.29 is 9.52 Å². The van der Waals surface area contributed by atoms with Crippen LogP contribution >= 0.6 is 11.3 Å². The van der Waals surface area contributed by atoms with E-state index in [4.69, 9.17) is 4.42 Å². The van der Waals surface area contributed by atoms with Crippen LogP contribution in [0.3, 0.4) is 0 Å². The van der Waals surface area contributed by atoms with Crippen molar-refractivity contribution in [3.63, 3.8) is 0 Å². The largest absolute Gasteiger partial charge is 0.468 e. The van der Waals surface area contributed by atoms with Crippen LogP contribution in [0.15, 0.2) is 40.3 Å². The minimum absolute atomic E-state index is 0.0544. The SMILES string of the molecule is CCC(NCc1ccco1)C(O)c1cccs1. The fourth-order valence-corrected chi connectivity index (χ4v) is 2.56. The van der Waals surface area contributed by atoms with Crippen LogP contribution in [-0.2, 0) is 6.54 Å². The van der Waals surface area contributed by atoms with E-state index < -0.39 is 6.10 Å². The molecule has 0 saturated carbocycles. The molecule has 0 saturated heterocycles. The topological polar surface area (TPSA) is 45.4 Å². The van der Waals surface area contributed by atoms with Gasteiger partial charge in [-0.25, -0.2) is 0 Å². The Labute approximate surface area is 105 Å². The third-order valence-corrected chi connectivity index (χ3v) is 3.72. The smallest absolute Gasteiger partial charge is 0.117 e. The first-order chi connectivity index (χ1) is 8.31. The van der Waals surface area contributed by atoms with E-state index in [-0.39, 0.29) is 6.04 Å². The maximum Gasteiger partial charge on any atom is 0.117 e. The summed E-state index contributed by atoms with van der Waals surface area (Å²) in [6.45, 7) is 2.71. The summed E-state index contributed by atoms with van der Waals surface area (Å²) in [6, 6.07) is 7.78. The Morgan fingerprint density at radius 3 is 2.88 bits per heavy atom. The summed E-state index contributed by atoms with van der Waals surface area (Å²) in [4.78, 5) is 1.00. The van der Waals surface area contributed by atoms with Gasteiger partial charge in [-0.15, -0.1) is 11.3 Å². The Balaban J connectivity index is 1.92. The zero-order valence-electron chi connectivity index (χ0n) is 9.80. The molecule has 0 spiro atoms. The highest BCUT2D eigenvalue weighted by Crippen LogP contribution is 2.23. The highest BCUT2D eigenvalue weighted by Gasteiger charge is 2.19. The van der Waals surface area contributed by atoms with Crippen LogP contribution < -0.4 is 5.32 Å². The summed E-state index contributed by atoms with van der Waals surface area (Å²) in [5, 5.41) is 15.5. The van der Waals surface area contributed by atoms with Crippen molar-refractivity contribution in [1.82, 2.24) is 5.32 Å². The van der Waals surface area contributed by atoms with Crippen molar-refractivity contribution in [2.75, 3.05) is 0 Å². The fraction of sp³-hybridized carbons (Fsp3) is 0.385. The number of nitrogens with one attached hydrogen (secondary N) is 1. The van der Waals surface area contributed by atoms with Gasteiger partial charge in [-0.2, -0.15) is 0 Å². The zero-order valence-corrected chi connectivity index (χ0v) is 10.6. The average Bonchev–Trinajstić information content (AvgIpc) is 3.02. The van der Waals surface area contributed by atoms with Crippen molar-refractivity contribution in [3.8, 4) is 0 Å². The number of furan rings is 1. The molecular weight excluding hydrogens is 234 g/mol. The number of aliphatic hydroxyl groups is 1. The van der Waals surface area contributed by atoms with Gasteiger partial charge in [0.05, 0.1) is 12.8 Å². The number of hydrogen-bond acceptors (Lipinski definition) is 4. The first kappa shape index (κ1) is 12.4. The fourth-order valence-electron chi connectivity index (χ4n) is 1.78. The summed E-state index contributed by atoms with van der Waals surface area (Å²) >= 11 is 1.58. The molecule has 92 valence electrons. The van der Waals surface area contributed by atoms with Crippen molar-refractivity contribution >= 4 is 11.3 Å². The van der Waals surface area contributed by atoms with E-state index in [0.29, 0.717) is 6.54 Å². The third kappa shape index (κ3) is 3.19. The second kappa shape index (κ2) is 6.00. The Bertz CT molecular complexity index is 411. The summed E-state index contributed by atoms with van der Waals surface area (Å²) < 4.78 is 5.26. The van der Waals surface area contributed by atoms with Crippen LogP contribution in [0.2, 0.25) is 0 Å². The summed E-state index contributed by atoms with van der Waals surface area (Å²) in [5.74, 6) is 0.891. The normalized spacial score (nSPS) is 14.7. The van der Waals surface area contributed by atoms with E-state index in [0.717, 1.165) is 17.1 Å². The maximum absolute atomic E-state index is 10.2. The number of hydrogen-bond donors (Lipinski definition) is 2. The van der Waals surface area contributed by atoms with Crippen molar-refractivity contribution in [2.45, 2.75) is 32.0 Å². The minimum atomic E-state index is -0.449. The molecule has 0 fully saturated rings. The molecule has 2 heterocycles. The van der Waals surface area contributed by atoms with Crippen LogP contribution in [-0.4, -0.2) is 11.1 Å². The van der Waals surface area contributed by atoms with Crippen molar-refractivity contribution in [3.05, 3.63) is 46.5 Å². The van der Waals surface area contributed by atoms with E-state index in [1.54, 1.807) is 17.6 Å². The number of aliphatic hydroxyl groups excluding tert-OH is 1. The molecule has 2 aromatic rings. The Kier molecular flexibility index (Phi) is 4.36. The second-order valence-electron chi connectivity index (χ2n) is 3.94. The molecule has 0 aliphatic heterocycles. The molecule has 0 aliphatic rings. The van der Waals surface area contributed by atoms with Gasteiger partial charge in [-0.05, 0) is 30.0 Å². The van der Waals surface area contributed by atoms with Crippen LogP contribution in [0, 0.1) is 0 Å². The summed E-state index contributed by atoms with van der Waals surface area (Å²) in [5.41, 5.74) is 0. The third-order valence-electron chi connectivity index (χ3n) is 2.77. The van der Waals surface area contributed by atoms with Crippen LogP contribution in [0.1, 0.15) is 30.1 Å². The molecule has 0 aromatic carbocycles. The average molecular weight is 251 g/mol. The molecule has 2 N–H and O–H groups in total. The van der Waals surface area contributed by atoms with Crippen LogP contribution in [0.25, 0.3) is 0 Å². The van der Waals surface area contributed by atoms with E-state index in [9.17, 15) is 5.11 Å². The van der Waals surface area contributed by atoms with Crippen LogP contribution in [0.5, 0.6) is 0 Å². The van der Waals surface area contributed by atoms with Gasteiger partial charge in [0.1, 0.15) is 11.9 Å². The number of rotatable bonds is 6. The lowest BCUT2D eigenvalue weighted by molar-refractivity contribution is 0.127. The Morgan fingerprint density at radius 1 is 1.41 bits per heavy atom. The van der Waals surface area contributed by atoms with Gasteiger partial charge < -0.3 is 14.8 Å². The summed E-state index contributed by atoms with van der Waals surface area (Å²) in [7, 11) is 0. The monoisotopic (exact) mass is 251 g/mol. The molecule has 2 aromatic heterocycles. The van der Waals surface area contributed by atoms with Gasteiger partial charge >= 0.3 is 0 Å². The van der Waals surface area contributed by atoms with Gasteiger partial charge in [-0.1, -0.05) is 13.0 Å². The molecule has 0 amide bonds. The first-order valence-corrected chi connectivity index (χ1v) is 6.66. The Hall–Kier alpha value is -1.10. The summed E-state index contributed by atoms with van der Waals surface area (Å²) in [6.07, 6.45) is 2.09. The van der Waals surface area contributed by atoms with E-state index >= 15 is 0 Å². The van der Waals surface area contributed by atoms with Crippen molar-refractivity contribution in [1.29, 1.82) is 0 Å². The van der Waals surface area contributed by atoms with Gasteiger partial charge in [0.25, 0.3) is 0 Å². The second-order valence-corrected chi connectivity index (χ2v) is 4.91.